The molecular weight excluding hydrogens is 436 g/mol. The number of amides is 1. The van der Waals surface area contributed by atoms with E-state index in [1.807, 2.05) is 86.9 Å². The minimum absolute atomic E-state index is 0.150. The SMILES string of the molecule is CN(CC(O)c1cccc(Cc2ccccc2)c1)C(=O)c1cnc(N(C)C)nc1-c1ccccc1. The Labute approximate surface area is 206 Å². The van der Waals surface area contributed by atoms with E-state index < -0.39 is 6.10 Å². The van der Waals surface area contributed by atoms with Crippen LogP contribution in [0.25, 0.3) is 11.3 Å². The Morgan fingerprint density at radius 3 is 2.23 bits per heavy atom. The lowest BCUT2D eigenvalue weighted by molar-refractivity contribution is 0.0681. The Morgan fingerprint density at radius 1 is 0.886 bits per heavy atom. The van der Waals surface area contributed by atoms with Crippen LogP contribution in [0.15, 0.2) is 91.1 Å². The summed E-state index contributed by atoms with van der Waals surface area (Å²) in [5.74, 6) is 0.284. The molecule has 1 heterocycles. The maximum absolute atomic E-state index is 13.4. The molecule has 0 saturated heterocycles. The van der Waals surface area contributed by atoms with Crippen molar-refractivity contribution in [1.82, 2.24) is 14.9 Å². The molecule has 1 unspecified atom stereocenters. The number of likely N-dealkylation sites (N-methyl/N-ethyl adjacent to an activating group) is 1. The molecule has 0 spiro atoms. The summed E-state index contributed by atoms with van der Waals surface area (Å²) in [5, 5.41) is 10.9. The van der Waals surface area contributed by atoms with Crippen LogP contribution < -0.4 is 4.90 Å². The fourth-order valence-corrected chi connectivity index (χ4v) is 3.96. The third-order valence-corrected chi connectivity index (χ3v) is 5.83. The summed E-state index contributed by atoms with van der Waals surface area (Å²) in [6.07, 6.45) is 1.53. The van der Waals surface area contributed by atoms with Gasteiger partial charge in [-0.05, 0) is 23.1 Å². The molecule has 0 aliphatic carbocycles. The van der Waals surface area contributed by atoms with E-state index in [9.17, 15) is 9.90 Å². The Bertz CT molecular complexity index is 1280. The number of nitrogens with zero attached hydrogens (tertiary/aromatic N) is 4. The maximum Gasteiger partial charge on any atom is 0.257 e. The molecule has 4 rings (SSSR count). The van der Waals surface area contributed by atoms with E-state index in [1.54, 1.807) is 18.1 Å². The van der Waals surface area contributed by atoms with Crippen molar-refractivity contribution >= 4 is 11.9 Å². The average molecular weight is 467 g/mol. The Balaban J connectivity index is 1.53. The van der Waals surface area contributed by atoms with Gasteiger partial charge in [0.05, 0.1) is 23.9 Å². The lowest BCUT2D eigenvalue weighted by Crippen LogP contribution is -2.32. The van der Waals surface area contributed by atoms with Gasteiger partial charge >= 0.3 is 0 Å². The number of anilines is 1. The highest BCUT2D eigenvalue weighted by Gasteiger charge is 2.22. The molecular formula is C29H30N4O2. The second kappa shape index (κ2) is 10.9. The summed E-state index contributed by atoms with van der Waals surface area (Å²) in [5.41, 5.74) is 4.90. The number of hydrogen-bond acceptors (Lipinski definition) is 5. The molecule has 1 amide bonds. The molecule has 35 heavy (non-hydrogen) atoms. The average Bonchev–Trinajstić information content (AvgIpc) is 2.89. The van der Waals surface area contributed by atoms with Crippen LogP contribution in [-0.4, -0.2) is 53.6 Å². The van der Waals surface area contributed by atoms with Crippen molar-refractivity contribution in [3.05, 3.63) is 113 Å². The van der Waals surface area contributed by atoms with Crippen LogP contribution >= 0.6 is 0 Å². The zero-order valence-electron chi connectivity index (χ0n) is 20.3. The number of aromatic nitrogens is 2. The Morgan fingerprint density at radius 2 is 1.54 bits per heavy atom. The van der Waals surface area contributed by atoms with E-state index in [0.717, 1.165) is 23.1 Å². The third kappa shape index (κ3) is 5.91. The molecule has 1 N–H and O–H groups in total. The van der Waals surface area contributed by atoms with Crippen molar-refractivity contribution in [2.24, 2.45) is 0 Å². The molecule has 0 radical (unpaired) electrons. The zero-order chi connectivity index (χ0) is 24.8. The second-order valence-electron chi connectivity index (χ2n) is 8.80. The summed E-state index contributed by atoms with van der Waals surface area (Å²) >= 11 is 0. The van der Waals surface area contributed by atoms with Gasteiger partial charge in [-0.1, -0.05) is 84.9 Å². The molecule has 0 bridgehead atoms. The van der Waals surface area contributed by atoms with Crippen molar-refractivity contribution in [2.75, 3.05) is 32.6 Å². The van der Waals surface area contributed by atoms with Gasteiger partial charge in [-0.25, -0.2) is 9.97 Å². The number of aliphatic hydroxyl groups excluding tert-OH is 1. The van der Waals surface area contributed by atoms with Crippen LogP contribution in [0.4, 0.5) is 5.95 Å². The van der Waals surface area contributed by atoms with Crippen molar-refractivity contribution < 1.29 is 9.90 Å². The minimum atomic E-state index is -0.818. The number of hydrogen-bond donors (Lipinski definition) is 1. The monoisotopic (exact) mass is 466 g/mol. The fraction of sp³-hybridized carbons (Fsp3) is 0.207. The summed E-state index contributed by atoms with van der Waals surface area (Å²) in [6.45, 7) is 0.150. The van der Waals surface area contributed by atoms with Gasteiger partial charge in [-0.3, -0.25) is 4.79 Å². The van der Waals surface area contributed by atoms with Crippen molar-refractivity contribution in [3.8, 4) is 11.3 Å². The van der Waals surface area contributed by atoms with E-state index in [-0.39, 0.29) is 12.5 Å². The summed E-state index contributed by atoms with van der Waals surface area (Å²) < 4.78 is 0. The third-order valence-electron chi connectivity index (χ3n) is 5.83. The maximum atomic E-state index is 13.4. The first kappa shape index (κ1) is 24.1. The van der Waals surface area contributed by atoms with Crippen LogP contribution in [0.3, 0.4) is 0 Å². The molecule has 6 heteroatoms. The predicted octanol–water partition coefficient (Wildman–Crippen LogP) is 4.61. The van der Waals surface area contributed by atoms with Gasteiger partial charge in [-0.15, -0.1) is 0 Å². The number of aliphatic hydroxyl groups is 1. The molecule has 178 valence electrons. The molecule has 0 aliphatic rings. The number of carbonyl (C=O) groups excluding carboxylic acids is 1. The van der Waals surface area contributed by atoms with Gasteiger partial charge in [0.1, 0.15) is 0 Å². The highest BCUT2D eigenvalue weighted by molar-refractivity contribution is 5.99. The standard InChI is InChI=1S/C29H30N4O2/c1-32(2)29-30-19-25(27(31-29)23-14-8-5-9-15-23)28(35)33(3)20-26(34)24-16-10-13-22(18-24)17-21-11-6-4-7-12-21/h4-16,18-19,26,34H,17,20H2,1-3H3. The van der Waals surface area contributed by atoms with Crippen molar-refractivity contribution in [3.63, 3.8) is 0 Å². The summed E-state index contributed by atoms with van der Waals surface area (Å²) in [7, 11) is 5.41. The molecule has 1 aromatic heterocycles. The van der Waals surface area contributed by atoms with Crippen molar-refractivity contribution in [1.29, 1.82) is 0 Å². The second-order valence-corrected chi connectivity index (χ2v) is 8.80. The van der Waals surface area contributed by atoms with E-state index in [4.69, 9.17) is 0 Å². The summed E-state index contributed by atoms with van der Waals surface area (Å²) in [6, 6.07) is 27.7. The van der Waals surface area contributed by atoms with Crippen LogP contribution in [0.2, 0.25) is 0 Å². The smallest absolute Gasteiger partial charge is 0.257 e. The first-order chi connectivity index (χ1) is 16.9. The van der Waals surface area contributed by atoms with Gasteiger partial charge in [0.2, 0.25) is 5.95 Å². The molecule has 6 nitrogen and oxygen atoms in total. The van der Waals surface area contributed by atoms with Gasteiger partial charge in [0.25, 0.3) is 5.91 Å². The Hall–Kier alpha value is -4.03. The number of rotatable bonds is 8. The van der Waals surface area contributed by atoms with E-state index >= 15 is 0 Å². The molecule has 4 aromatic rings. The molecule has 0 fully saturated rings. The van der Waals surface area contributed by atoms with E-state index in [2.05, 4.69) is 22.1 Å². The first-order valence-electron chi connectivity index (χ1n) is 11.6. The van der Waals surface area contributed by atoms with Crippen LogP contribution in [0, 0.1) is 0 Å². The first-order valence-corrected chi connectivity index (χ1v) is 11.6. The number of benzene rings is 3. The van der Waals surface area contributed by atoms with Gasteiger partial charge in [0.15, 0.2) is 0 Å². The molecule has 1 atom stereocenters. The van der Waals surface area contributed by atoms with Gasteiger partial charge in [0, 0.05) is 32.9 Å². The molecule has 0 aliphatic heterocycles. The lowest BCUT2D eigenvalue weighted by atomic mass is 10.0. The van der Waals surface area contributed by atoms with Gasteiger partial charge < -0.3 is 14.9 Å². The highest BCUT2D eigenvalue weighted by atomic mass is 16.3. The minimum Gasteiger partial charge on any atom is -0.387 e. The highest BCUT2D eigenvalue weighted by Crippen LogP contribution is 2.25. The van der Waals surface area contributed by atoms with Gasteiger partial charge in [-0.2, -0.15) is 0 Å². The van der Waals surface area contributed by atoms with Crippen LogP contribution in [0.1, 0.15) is 33.2 Å². The predicted molar refractivity (Wildman–Crippen MR) is 139 cm³/mol. The fourth-order valence-electron chi connectivity index (χ4n) is 3.96. The van der Waals surface area contributed by atoms with Crippen LogP contribution in [-0.2, 0) is 6.42 Å². The number of carbonyl (C=O) groups is 1. The molecule has 3 aromatic carbocycles. The quantitative estimate of drug-likeness (QED) is 0.411. The van der Waals surface area contributed by atoms with E-state index in [0.29, 0.717) is 17.2 Å². The Kier molecular flexibility index (Phi) is 7.53. The topological polar surface area (TPSA) is 69.6 Å². The van der Waals surface area contributed by atoms with Crippen LogP contribution in [0.5, 0.6) is 0 Å². The van der Waals surface area contributed by atoms with Crippen molar-refractivity contribution in [2.45, 2.75) is 12.5 Å². The summed E-state index contributed by atoms with van der Waals surface area (Å²) in [4.78, 5) is 25.7. The van der Waals surface area contributed by atoms with E-state index in [1.165, 1.54) is 10.5 Å². The normalized spacial score (nSPS) is 11.7. The zero-order valence-corrected chi connectivity index (χ0v) is 20.3. The largest absolute Gasteiger partial charge is 0.387 e. The molecule has 0 saturated carbocycles. The lowest BCUT2D eigenvalue weighted by Gasteiger charge is -2.23.